The second-order valence-corrected chi connectivity index (χ2v) is 4.14. The molecule has 0 saturated heterocycles. The molecule has 0 aliphatic carbocycles. The number of carbonyl (C=O) groups is 4. The lowest BCUT2D eigenvalue weighted by Crippen LogP contribution is -2.38. The number of anilines is 1. The molecule has 1 rings (SSSR count). The highest BCUT2D eigenvalue weighted by Gasteiger charge is 2.30. The molecule has 0 aliphatic rings. The number of carboxylic acids is 2. The number of carboxylic acid groups (broad SMARTS) is 2. The van der Waals surface area contributed by atoms with E-state index >= 15 is 0 Å². The minimum atomic E-state index is -1.41. The van der Waals surface area contributed by atoms with Crippen molar-refractivity contribution < 1.29 is 29.4 Å². The minimum Gasteiger partial charge on any atom is -0.478 e. The minimum absolute atomic E-state index is 0.0568. The van der Waals surface area contributed by atoms with Gasteiger partial charge in [-0.1, -0.05) is 19.9 Å². The Morgan fingerprint density at radius 1 is 0.905 bits per heavy atom. The smallest absolute Gasteiger partial charge is 0.337 e. The SMILES string of the molecule is CCC(=O)N(C(=O)CC)c1c(C(=O)O)cccc1C(=O)O. The van der Waals surface area contributed by atoms with Gasteiger partial charge in [-0.25, -0.2) is 14.5 Å². The molecule has 0 fully saturated rings. The van der Waals surface area contributed by atoms with Crippen LogP contribution in [0.5, 0.6) is 0 Å². The monoisotopic (exact) mass is 293 g/mol. The molecule has 112 valence electrons. The van der Waals surface area contributed by atoms with E-state index in [0.717, 1.165) is 12.1 Å². The van der Waals surface area contributed by atoms with Crippen molar-refractivity contribution in [2.45, 2.75) is 26.7 Å². The Morgan fingerprint density at radius 2 is 1.29 bits per heavy atom. The van der Waals surface area contributed by atoms with E-state index in [1.807, 2.05) is 0 Å². The van der Waals surface area contributed by atoms with Gasteiger partial charge in [-0.15, -0.1) is 0 Å². The molecule has 0 atom stereocenters. The normalized spacial score (nSPS) is 10.0. The Kier molecular flexibility index (Phi) is 5.18. The Labute approximate surface area is 120 Å². The highest BCUT2D eigenvalue weighted by Crippen LogP contribution is 2.27. The molecular weight excluding hydrogens is 278 g/mol. The number of carbonyl (C=O) groups excluding carboxylic acids is 2. The van der Waals surface area contributed by atoms with Crippen molar-refractivity contribution in [2.75, 3.05) is 4.90 Å². The third-order valence-corrected chi connectivity index (χ3v) is 2.82. The predicted molar refractivity (Wildman–Crippen MR) is 73.4 cm³/mol. The maximum atomic E-state index is 12.0. The second-order valence-electron chi connectivity index (χ2n) is 4.14. The number of rotatable bonds is 5. The topological polar surface area (TPSA) is 112 Å². The number of hydrogen-bond donors (Lipinski definition) is 2. The fourth-order valence-electron chi connectivity index (χ4n) is 1.83. The van der Waals surface area contributed by atoms with Crippen LogP contribution in [-0.4, -0.2) is 34.0 Å². The van der Waals surface area contributed by atoms with Crippen LogP contribution in [0.4, 0.5) is 5.69 Å². The van der Waals surface area contributed by atoms with Crippen molar-refractivity contribution in [2.24, 2.45) is 0 Å². The molecule has 0 heterocycles. The van der Waals surface area contributed by atoms with Gasteiger partial charge in [-0.3, -0.25) is 9.59 Å². The lowest BCUT2D eigenvalue weighted by atomic mass is 10.0. The summed E-state index contributed by atoms with van der Waals surface area (Å²) >= 11 is 0. The molecule has 0 aliphatic heterocycles. The summed E-state index contributed by atoms with van der Waals surface area (Å²) in [5.41, 5.74) is -1.20. The van der Waals surface area contributed by atoms with Gasteiger partial charge in [0.15, 0.2) is 0 Å². The van der Waals surface area contributed by atoms with Gasteiger partial charge in [0.25, 0.3) is 0 Å². The number of imide groups is 1. The fraction of sp³-hybridized carbons (Fsp3) is 0.286. The van der Waals surface area contributed by atoms with Crippen LogP contribution >= 0.6 is 0 Å². The van der Waals surface area contributed by atoms with Gasteiger partial charge >= 0.3 is 11.9 Å². The first-order valence-corrected chi connectivity index (χ1v) is 6.30. The van der Waals surface area contributed by atoms with Crippen LogP contribution in [0.1, 0.15) is 47.4 Å². The van der Waals surface area contributed by atoms with Gasteiger partial charge in [-0.05, 0) is 12.1 Å². The lowest BCUT2D eigenvalue weighted by molar-refractivity contribution is -0.126. The standard InChI is InChI=1S/C14H15NO6/c1-3-10(16)15(11(17)4-2)12-8(13(18)19)6-5-7-9(12)14(20)21/h5-7H,3-4H2,1-2H3,(H,18,19)(H,20,21). The number of para-hydroxylation sites is 1. The van der Waals surface area contributed by atoms with Gasteiger partial charge in [-0.2, -0.15) is 0 Å². The number of amides is 2. The van der Waals surface area contributed by atoms with E-state index in [9.17, 15) is 29.4 Å². The first kappa shape index (κ1) is 16.4. The van der Waals surface area contributed by atoms with Crippen molar-refractivity contribution in [3.05, 3.63) is 29.3 Å². The third kappa shape index (κ3) is 3.25. The fourth-order valence-corrected chi connectivity index (χ4v) is 1.83. The lowest BCUT2D eigenvalue weighted by Gasteiger charge is -2.23. The maximum absolute atomic E-state index is 12.0. The Morgan fingerprint density at radius 3 is 1.57 bits per heavy atom. The molecule has 0 spiro atoms. The summed E-state index contributed by atoms with van der Waals surface area (Å²) in [4.78, 5) is 47.2. The summed E-state index contributed by atoms with van der Waals surface area (Å²) in [6.45, 7) is 3.00. The Bertz CT molecular complexity index is 559. The van der Waals surface area contributed by atoms with Gasteiger partial charge in [0.05, 0.1) is 16.8 Å². The van der Waals surface area contributed by atoms with Crippen molar-refractivity contribution in [3.8, 4) is 0 Å². The first-order chi connectivity index (χ1) is 9.84. The highest BCUT2D eigenvalue weighted by atomic mass is 16.4. The molecule has 0 aromatic heterocycles. The van der Waals surface area contributed by atoms with Crippen LogP contribution in [0.3, 0.4) is 0 Å². The van der Waals surface area contributed by atoms with E-state index in [1.54, 1.807) is 0 Å². The van der Waals surface area contributed by atoms with Crippen molar-refractivity contribution in [3.63, 3.8) is 0 Å². The summed E-state index contributed by atoms with van der Waals surface area (Å²) in [5, 5.41) is 18.4. The van der Waals surface area contributed by atoms with E-state index < -0.39 is 40.6 Å². The van der Waals surface area contributed by atoms with Gasteiger partial charge in [0.1, 0.15) is 0 Å². The van der Waals surface area contributed by atoms with E-state index in [-0.39, 0.29) is 12.8 Å². The molecule has 7 heteroatoms. The molecule has 2 N–H and O–H groups in total. The van der Waals surface area contributed by atoms with Crippen LogP contribution in [0.25, 0.3) is 0 Å². The van der Waals surface area contributed by atoms with E-state index in [4.69, 9.17) is 0 Å². The van der Waals surface area contributed by atoms with E-state index in [1.165, 1.54) is 19.9 Å². The largest absolute Gasteiger partial charge is 0.478 e. The molecule has 7 nitrogen and oxygen atoms in total. The zero-order valence-corrected chi connectivity index (χ0v) is 11.6. The van der Waals surface area contributed by atoms with Crippen molar-refractivity contribution in [1.82, 2.24) is 0 Å². The predicted octanol–water partition coefficient (Wildman–Crippen LogP) is 1.76. The van der Waals surface area contributed by atoms with Crippen molar-refractivity contribution in [1.29, 1.82) is 0 Å². The summed E-state index contributed by atoms with van der Waals surface area (Å²) in [6, 6.07) is 3.56. The quantitative estimate of drug-likeness (QED) is 0.855. The molecular formula is C14H15NO6. The number of benzene rings is 1. The summed E-state index contributed by atoms with van der Waals surface area (Å²) in [7, 11) is 0. The summed E-state index contributed by atoms with van der Waals surface area (Å²) in [6.07, 6.45) is -0.114. The van der Waals surface area contributed by atoms with Crippen LogP contribution in [0.2, 0.25) is 0 Å². The molecule has 0 radical (unpaired) electrons. The van der Waals surface area contributed by atoms with Gasteiger partial charge in [0.2, 0.25) is 11.8 Å². The van der Waals surface area contributed by atoms with Crippen LogP contribution in [-0.2, 0) is 9.59 Å². The van der Waals surface area contributed by atoms with E-state index in [2.05, 4.69) is 0 Å². The zero-order chi connectivity index (χ0) is 16.2. The van der Waals surface area contributed by atoms with Crippen LogP contribution < -0.4 is 4.90 Å². The van der Waals surface area contributed by atoms with Crippen LogP contribution in [0, 0.1) is 0 Å². The Hall–Kier alpha value is -2.70. The molecule has 0 saturated carbocycles. The number of nitrogens with zero attached hydrogens (tertiary/aromatic N) is 1. The Balaban J connectivity index is 3.69. The molecule has 0 bridgehead atoms. The molecule has 0 unspecified atom stereocenters. The molecule has 1 aromatic carbocycles. The molecule has 2 amide bonds. The highest BCUT2D eigenvalue weighted by molar-refractivity contribution is 6.20. The summed E-state index contributed by atoms with van der Waals surface area (Å²) in [5.74, 6) is -4.13. The van der Waals surface area contributed by atoms with Crippen molar-refractivity contribution >= 4 is 29.4 Å². The number of aromatic carboxylic acids is 2. The maximum Gasteiger partial charge on any atom is 0.337 e. The first-order valence-electron chi connectivity index (χ1n) is 6.30. The average molecular weight is 293 g/mol. The molecule has 1 aromatic rings. The zero-order valence-electron chi connectivity index (χ0n) is 11.6. The number of hydrogen-bond acceptors (Lipinski definition) is 4. The van der Waals surface area contributed by atoms with Crippen LogP contribution in [0.15, 0.2) is 18.2 Å². The van der Waals surface area contributed by atoms with Gasteiger partial charge in [0, 0.05) is 12.8 Å². The van der Waals surface area contributed by atoms with E-state index in [0.29, 0.717) is 4.90 Å². The van der Waals surface area contributed by atoms with Gasteiger partial charge < -0.3 is 10.2 Å². The third-order valence-electron chi connectivity index (χ3n) is 2.82. The second kappa shape index (κ2) is 6.65. The average Bonchev–Trinajstić information content (AvgIpc) is 2.46. The molecule has 21 heavy (non-hydrogen) atoms. The summed E-state index contributed by atoms with van der Waals surface area (Å²) < 4.78 is 0.